The Labute approximate surface area is 429 Å². The van der Waals surface area contributed by atoms with E-state index in [0.717, 1.165) is 25.7 Å². The van der Waals surface area contributed by atoms with E-state index in [4.69, 9.17) is 0 Å². The van der Waals surface area contributed by atoms with Crippen molar-refractivity contribution < 1.29 is 120 Å². The molecule has 1 fully saturated rings. The van der Waals surface area contributed by atoms with Crippen LogP contribution in [0, 0.1) is 5.92 Å². The molecule has 5 aromatic carbocycles. The molecule has 1 aliphatic carbocycles. The number of alkyl halides is 24. The number of carbonyl (C=O) groups is 2. The number of aromatic nitrogens is 1. The van der Waals surface area contributed by atoms with Crippen molar-refractivity contribution in [3.05, 3.63) is 183 Å². The van der Waals surface area contributed by atoms with E-state index >= 15 is 0 Å². The monoisotopic (exact) mass is 1160 g/mol. The molecular formula is C51H32BF24NO2. The summed E-state index contributed by atoms with van der Waals surface area (Å²) in [6.07, 6.45) is -48.8. The molecule has 0 bridgehead atoms. The molecule has 3 nitrogen and oxygen atoms in total. The Balaban J connectivity index is 0.000000378. The summed E-state index contributed by atoms with van der Waals surface area (Å²) in [4.78, 5) is 25.0. The van der Waals surface area contributed by atoms with Crippen molar-refractivity contribution in [1.82, 2.24) is 0 Å². The molecule has 1 heterocycles. The maximum atomic E-state index is 14.2. The summed E-state index contributed by atoms with van der Waals surface area (Å²) in [5, 5.41) is 0. The molecule has 6 aromatic rings. The van der Waals surface area contributed by atoms with Crippen LogP contribution in [0.5, 0.6) is 0 Å². The van der Waals surface area contributed by atoms with Gasteiger partial charge in [-0.2, -0.15) is 132 Å². The van der Waals surface area contributed by atoms with E-state index in [2.05, 4.69) is 0 Å². The van der Waals surface area contributed by atoms with Crippen LogP contribution in [0.15, 0.2) is 128 Å². The molecule has 28 heteroatoms. The Morgan fingerprint density at radius 1 is 0.380 bits per heavy atom. The summed E-state index contributed by atoms with van der Waals surface area (Å²) in [6.45, 7) is 0.207. The van der Waals surface area contributed by atoms with Gasteiger partial charge < -0.3 is 0 Å². The van der Waals surface area contributed by atoms with Crippen LogP contribution >= 0.6 is 0 Å². The van der Waals surface area contributed by atoms with Crippen LogP contribution in [0.1, 0.15) is 91.0 Å². The Hall–Kier alpha value is -7.03. The number of pyridine rings is 1. The zero-order valence-electron chi connectivity index (χ0n) is 39.1. The van der Waals surface area contributed by atoms with E-state index in [0.29, 0.717) is 11.3 Å². The van der Waals surface area contributed by atoms with Crippen molar-refractivity contribution in [2.75, 3.05) is 0 Å². The lowest BCUT2D eigenvalue weighted by Gasteiger charge is -2.46. The van der Waals surface area contributed by atoms with Crippen molar-refractivity contribution in [3.8, 4) is 0 Å². The minimum atomic E-state index is -6.13. The molecule has 0 amide bonds. The minimum absolute atomic E-state index is 0.0253. The number of rotatable bonds is 9. The fraction of sp³-hybridized carbons (Fsp3) is 0.275. The van der Waals surface area contributed by atoms with Crippen molar-refractivity contribution in [2.45, 2.75) is 81.6 Å². The largest absolute Gasteiger partial charge is 0.416 e. The van der Waals surface area contributed by atoms with Crippen LogP contribution in [0.4, 0.5) is 105 Å². The third kappa shape index (κ3) is 14.1. The van der Waals surface area contributed by atoms with Gasteiger partial charge in [0.2, 0.25) is 23.8 Å². The average molecular weight is 1160 g/mol. The van der Waals surface area contributed by atoms with Crippen LogP contribution < -0.4 is 26.4 Å². The lowest BCUT2D eigenvalue weighted by molar-refractivity contribution is -0.685. The van der Waals surface area contributed by atoms with Gasteiger partial charge in [0, 0.05) is 23.6 Å². The normalized spacial score (nSPS) is 14.5. The van der Waals surface area contributed by atoms with Gasteiger partial charge in [-0.25, -0.2) is 0 Å². The van der Waals surface area contributed by atoms with E-state index in [1.807, 2.05) is 54.7 Å². The van der Waals surface area contributed by atoms with Crippen LogP contribution in [0.3, 0.4) is 0 Å². The highest BCUT2D eigenvalue weighted by molar-refractivity contribution is 7.20. The standard InChI is InChI=1S/C32H12BF24.C19H20NO2/c34-25(35,36)13-1-14(26(37,38)39)6-21(5-13)33(22-7-15(27(40,41)42)2-16(8-22)28(43,44)45,23-9-17(29(46,47)48)3-18(10-23)30(49,50)51)24-11-19(31(52,53)54)4-20(12-24)32(55,56)57;21-18(15-8-2-1-3-9-15)14-20-13-7-6-12-17(20)19(22)16-10-4-5-11-16/h1-12H;1-3,6-9,12-13,16H,4-5,10-11,14H2/q-1;+1. The van der Waals surface area contributed by atoms with Crippen molar-refractivity contribution in [1.29, 1.82) is 0 Å². The molecule has 1 aliphatic rings. The predicted octanol–water partition coefficient (Wildman–Crippen LogP) is 14.4. The van der Waals surface area contributed by atoms with E-state index in [1.165, 1.54) is 0 Å². The lowest BCUT2D eigenvalue weighted by Crippen LogP contribution is -2.75. The van der Waals surface area contributed by atoms with Gasteiger partial charge >= 0.3 is 49.4 Å². The van der Waals surface area contributed by atoms with Gasteiger partial charge in [-0.15, -0.1) is 0 Å². The number of hydrogen-bond donors (Lipinski definition) is 0. The van der Waals surface area contributed by atoms with Gasteiger partial charge in [-0.1, -0.05) is 91.7 Å². The quantitative estimate of drug-likeness (QED) is 0.0626. The summed E-state index contributed by atoms with van der Waals surface area (Å²) >= 11 is 0. The SMILES string of the molecule is FC(F)(F)c1cc([B-](c2cc(C(F)(F)F)cc(C(F)(F)F)c2)(c2cc(C(F)(F)F)cc(C(F)(F)F)c2)c2cc(C(F)(F)F)cc(C(F)(F)F)c2)cc(C(F)(F)F)c1.O=C(C[n+]1ccccc1C(=O)C1CCCC1)c1ccccc1. The fourth-order valence-electron chi connectivity index (χ4n) is 9.18. The zero-order chi connectivity index (χ0) is 59.3. The number of nitrogens with zero attached hydrogens (tertiary/aromatic N) is 1. The molecule has 1 saturated carbocycles. The van der Waals surface area contributed by atoms with Gasteiger partial charge in [-0.3, -0.25) is 9.59 Å². The molecule has 0 radical (unpaired) electrons. The second-order valence-corrected chi connectivity index (χ2v) is 18.1. The number of ketones is 2. The zero-order valence-corrected chi connectivity index (χ0v) is 39.1. The summed E-state index contributed by atoms with van der Waals surface area (Å²) in [5.74, 6) is 0.330. The first-order valence-corrected chi connectivity index (χ1v) is 22.5. The van der Waals surface area contributed by atoms with Crippen molar-refractivity contribution in [3.63, 3.8) is 0 Å². The summed E-state index contributed by atoms with van der Waals surface area (Å²) in [7, 11) is 0. The predicted molar refractivity (Wildman–Crippen MR) is 234 cm³/mol. The topological polar surface area (TPSA) is 38.0 Å². The van der Waals surface area contributed by atoms with Crippen molar-refractivity contribution >= 4 is 39.6 Å². The highest BCUT2D eigenvalue weighted by Gasteiger charge is 2.47. The second-order valence-electron chi connectivity index (χ2n) is 18.1. The summed E-state index contributed by atoms with van der Waals surface area (Å²) in [6, 6.07) is 5.97. The van der Waals surface area contributed by atoms with Gasteiger partial charge in [0.15, 0.2) is 6.20 Å². The van der Waals surface area contributed by atoms with E-state index < -0.39 is 195 Å². The Bertz CT molecular complexity index is 2760. The van der Waals surface area contributed by atoms with Gasteiger partial charge in [0.25, 0.3) is 0 Å². The van der Waals surface area contributed by atoms with Crippen LogP contribution in [0.2, 0.25) is 0 Å². The molecule has 0 saturated heterocycles. The number of Topliss-reactive ketones (excluding diaryl/α,β-unsaturated/α-hetero) is 2. The number of hydrogen-bond acceptors (Lipinski definition) is 2. The average Bonchev–Trinajstić information content (AvgIpc) is 3.93. The van der Waals surface area contributed by atoms with Gasteiger partial charge in [0.1, 0.15) is 6.15 Å². The van der Waals surface area contributed by atoms with Gasteiger partial charge in [-0.05, 0) is 43.2 Å². The number of halogens is 24. The molecule has 0 spiro atoms. The molecular weight excluding hydrogens is 1130 g/mol. The van der Waals surface area contributed by atoms with Crippen LogP contribution in [-0.4, -0.2) is 17.7 Å². The van der Waals surface area contributed by atoms with E-state index in [-0.39, 0.29) is 24.0 Å². The lowest BCUT2D eigenvalue weighted by atomic mass is 9.12. The molecule has 0 unspecified atom stereocenters. The Kier molecular flexibility index (Phi) is 16.7. The maximum absolute atomic E-state index is 14.2. The molecule has 0 N–H and O–H groups in total. The summed E-state index contributed by atoms with van der Waals surface area (Å²) < 4.78 is 343. The third-order valence-electron chi connectivity index (χ3n) is 12.8. The molecule has 0 atom stereocenters. The van der Waals surface area contributed by atoms with Gasteiger partial charge in [0.05, 0.1) is 44.5 Å². The van der Waals surface area contributed by atoms with Crippen LogP contribution in [0.25, 0.3) is 0 Å². The molecule has 424 valence electrons. The molecule has 0 aliphatic heterocycles. The Morgan fingerprint density at radius 3 is 0.911 bits per heavy atom. The smallest absolute Gasteiger partial charge is 0.287 e. The summed E-state index contributed by atoms with van der Waals surface area (Å²) in [5.41, 5.74) is -28.9. The fourth-order valence-corrected chi connectivity index (χ4v) is 9.18. The van der Waals surface area contributed by atoms with Crippen LogP contribution in [-0.2, 0) is 56.0 Å². The minimum Gasteiger partial charge on any atom is -0.287 e. The molecule has 1 aromatic heterocycles. The highest BCUT2D eigenvalue weighted by atomic mass is 19.4. The maximum Gasteiger partial charge on any atom is 0.416 e. The van der Waals surface area contributed by atoms with E-state index in [9.17, 15) is 115 Å². The first-order chi connectivity index (χ1) is 36.0. The molecule has 7 rings (SSSR count). The molecule has 79 heavy (non-hydrogen) atoms. The van der Waals surface area contributed by atoms with E-state index in [1.54, 1.807) is 4.57 Å². The van der Waals surface area contributed by atoms with Crippen molar-refractivity contribution in [2.24, 2.45) is 5.92 Å². The Morgan fingerprint density at radius 2 is 0.646 bits per heavy atom. The number of benzene rings is 5. The highest BCUT2D eigenvalue weighted by Crippen LogP contribution is 2.41. The third-order valence-corrected chi connectivity index (χ3v) is 12.8. The second kappa shape index (κ2) is 21.6. The number of carbonyl (C=O) groups excluding carboxylic acids is 2. The first-order valence-electron chi connectivity index (χ1n) is 22.5. The first kappa shape index (κ1) is 61.2.